The number of hydrogen-bond donors (Lipinski definition) is 1. The molecule has 0 aliphatic heterocycles. The van der Waals surface area contributed by atoms with E-state index in [4.69, 9.17) is 16.0 Å². The average Bonchev–Trinajstić information content (AvgIpc) is 3.23. The summed E-state index contributed by atoms with van der Waals surface area (Å²) in [7, 11) is 0. The smallest absolute Gasteiger partial charge is 0.401 e. The van der Waals surface area contributed by atoms with Gasteiger partial charge in [0.2, 0.25) is 5.91 Å². The number of aromatic nitrogens is 2. The number of nitro groups is 1. The molecular weight excluding hydrogens is 360 g/mol. The van der Waals surface area contributed by atoms with Gasteiger partial charge in [0.1, 0.15) is 10.7 Å². The number of rotatable bonds is 6. The maximum atomic E-state index is 11.9. The molecule has 0 spiro atoms. The van der Waals surface area contributed by atoms with Crippen molar-refractivity contribution in [1.82, 2.24) is 9.78 Å². The zero-order valence-corrected chi connectivity index (χ0v) is 14.1. The van der Waals surface area contributed by atoms with Gasteiger partial charge in [-0.1, -0.05) is 23.7 Å². The van der Waals surface area contributed by atoms with Crippen LogP contribution in [0.4, 0.5) is 11.6 Å². The topological polar surface area (TPSA) is 103 Å². The summed E-state index contributed by atoms with van der Waals surface area (Å²) < 4.78 is 6.60. The maximum Gasteiger partial charge on any atom is 0.433 e. The van der Waals surface area contributed by atoms with E-state index >= 15 is 0 Å². The van der Waals surface area contributed by atoms with E-state index in [1.54, 1.807) is 16.9 Å². The lowest BCUT2D eigenvalue weighted by molar-refractivity contribution is -0.402. The zero-order valence-electron chi connectivity index (χ0n) is 13.3. The van der Waals surface area contributed by atoms with Gasteiger partial charge in [-0.3, -0.25) is 19.6 Å². The number of carbonyl (C=O) groups is 1. The van der Waals surface area contributed by atoms with Crippen molar-refractivity contribution < 1.29 is 14.1 Å². The van der Waals surface area contributed by atoms with Crippen LogP contribution in [-0.4, -0.2) is 20.6 Å². The van der Waals surface area contributed by atoms with Gasteiger partial charge in [0.05, 0.1) is 24.5 Å². The van der Waals surface area contributed by atoms with Crippen LogP contribution >= 0.6 is 11.6 Å². The lowest BCUT2D eigenvalue weighted by Crippen LogP contribution is -2.07. The predicted octanol–water partition coefficient (Wildman–Crippen LogP) is 3.74. The van der Waals surface area contributed by atoms with Crippen molar-refractivity contribution in [1.29, 1.82) is 0 Å². The van der Waals surface area contributed by atoms with Gasteiger partial charge in [0, 0.05) is 17.3 Å². The lowest BCUT2D eigenvalue weighted by atomic mass is 10.2. The van der Waals surface area contributed by atoms with Crippen molar-refractivity contribution in [2.24, 2.45) is 0 Å². The number of halogens is 1. The monoisotopic (exact) mass is 372 g/mol. The van der Waals surface area contributed by atoms with E-state index in [-0.39, 0.29) is 11.6 Å². The minimum absolute atomic E-state index is 0.212. The molecule has 0 radical (unpaired) electrons. The summed E-state index contributed by atoms with van der Waals surface area (Å²) in [6, 6.07) is 10.0. The quantitative estimate of drug-likeness (QED) is 0.403. The van der Waals surface area contributed by atoms with Crippen LogP contribution in [0.25, 0.3) is 6.08 Å². The zero-order chi connectivity index (χ0) is 18.5. The summed E-state index contributed by atoms with van der Waals surface area (Å²) in [5, 5.41) is 18.0. The molecule has 1 amide bonds. The van der Waals surface area contributed by atoms with Gasteiger partial charge in [-0.15, -0.1) is 0 Å². The molecule has 1 N–H and O–H groups in total. The number of carbonyl (C=O) groups excluding carboxylic acids is 1. The van der Waals surface area contributed by atoms with Crippen LogP contribution in [0.5, 0.6) is 0 Å². The van der Waals surface area contributed by atoms with Crippen molar-refractivity contribution in [2.75, 3.05) is 5.32 Å². The van der Waals surface area contributed by atoms with Crippen LogP contribution in [0.3, 0.4) is 0 Å². The summed E-state index contributed by atoms with van der Waals surface area (Å²) in [5.74, 6) is -0.581. The molecule has 1 aromatic carbocycles. The predicted molar refractivity (Wildman–Crippen MR) is 95.8 cm³/mol. The molecule has 2 aromatic heterocycles. The van der Waals surface area contributed by atoms with Crippen LogP contribution in [0.2, 0.25) is 5.02 Å². The molecule has 132 valence electrons. The molecule has 0 fully saturated rings. The van der Waals surface area contributed by atoms with E-state index in [0.717, 1.165) is 5.56 Å². The van der Waals surface area contributed by atoms with E-state index in [2.05, 4.69) is 10.4 Å². The van der Waals surface area contributed by atoms with Crippen molar-refractivity contribution in [2.45, 2.75) is 6.54 Å². The molecule has 0 saturated carbocycles. The van der Waals surface area contributed by atoms with Gasteiger partial charge in [-0.05, 0) is 29.8 Å². The van der Waals surface area contributed by atoms with Crippen LogP contribution in [0, 0.1) is 10.1 Å². The Labute approximate surface area is 152 Å². The third-order valence-corrected chi connectivity index (χ3v) is 3.56. The first-order chi connectivity index (χ1) is 12.5. The lowest BCUT2D eigenvalue weighted by Gasteiger charge is -2.02. The van der Waals surface area contributed by atoms with Crippen LogP contribution in [-0.2, 0) is 11.3 Å². The second kappa shape index (κ2) is 7.66. The first-order valence-corrected chi connectivity index (χ1v) is 7.87. The van der Waals surface area contributed by atoms with Crippen molar-refractivity contribution in [3.63, 3.8) is 0 Å². The Morgan fingerprint density at radius 3 is 2.96 bits per heavy atom. The second-order valence-electron chi connectivity index (χ2n) is 5.31. The fraction of sp³-hybridized carbons (Fsp3) is 0.0588. The third kappa shape index (κ3) is 4.58. The van der Waals surface area contributed by atoms with Crippen LogP contribution in [0.15, 0.2) is 59.3 Å². The van der Waals surface area contributed by atoms with Gasteiger partial charge in [-0.2, -0.15) is 5.10 Å². The third-order valence-electron chi connectivity index (χ3n) is 3.33. The molecule has 3 rings (SSSR count). The average molecular weight is 373 g/mol. The molecule has 0 unspecified atom stereocenters. The highest BCUT2D eigenvalue weighted by molar-refractivity contribution is 6.30. The van der Waals surface area contributed by atoms with Gasteiger partial charge >= 0.3 is 5.88 Å². The Morgan fingerprint density at radius 1 is 1.38 bits per heavy atom. The van der Waals surface area contributed by atoms with Crippen LogP contribution < -0.4 is 5.32 Å². The Kier molecular flexibility index (Phi) is 5.14. The van der Waals surface area contributed by atoms with E-state index < -0.39 is 10.8 Å². The minimum atomic E-state index is -0.647. The highest BCUT2D eigenvalue weighted by Crippen LogP contribution is 2.17. The Balaban J connectivity index is 1.58. The van der Waals surface area contributed by atoms with E-state index in [0.29, 0.717) is 17.3 Å². The van der Waals surface area contributed by atoms with Crippen molar-refractivity contribution >= 4 is 35.2 Å². The first-order valence-electron chi connectivity index (χ1n) is 7.50. The number of hydrogen-bond acceptors (Lipinski definition) is 5. The molecule has 8 nitrogen and oxygen atoms in total. The summed E-state index contributed by atoms with van der Waals surface area (Å²) in [6.45, 7) is 0.516. The summed E-state index contributed by atoms with van der Waals surface area (Å²) in [4.78, 5) is 21.8. The molecule has 0 bridgehead atoms. The molecule has 3 aromatic rings. The number of amides is 1. The van der Waals surface area contributed by atoms with Crippen molar-refractivity contribution in [3.05, 3.63) is 81.3 Å². The largest absolute Gasteiger partial charge is 0.433 e. The van der Waals surface area contributed by atoms with E-state index in [1.807, 2.05) is 18.2 Å². The number of furan rings is 1. The number of anilines is 1. The van der Waals surface area contributed by atoms with Gasteiger partial charge < -0.3 is 9.73 Å². The summed E-state index contributed by atoms with van der Waals surface area (Å²) in [5.41, 5.74) is 1.50. The Bertz CT molecular complexity index is 977. The van der Waals surface area contributed by atoms with E-state index in [9.17, 15) is 14.9 Å². The molecule has 0 saturated heterocycles. The highest BCUT2D eigenvalue weighted by atomic mass is 35.5. The Hall–Kier alpha value is -3.39. The van der Waals surface area contributed by atoms with Gasteiger partial charge in [0.15, 0.2) is 0 Å². The van der Waals surface area contributed by atoms with Crippen molar-refractivity contribution in [3.8, 4) is 0 Å². The molecule has 0 atom stereocenters. The van der Waals surface area contributed by atoms with Gasteiger partial charge in [0.25, 0.3) is 0 Å². The molecule has 0 aliphatic carbocycles. The molecule has 9 heteroatoms. The maximum absolute atomic E-state index is 11.9. The number of nitrogens with one attached hydrogen (secondary N) is 1. The molecular formula is C17H13ClN4O4. The SMILES string of the molecule is O=C(/C=C/c1ccc([N+](=O)[O-])o1)Nc1cnn(Cc2cccc(Cl)c2)c1. The molecule has 26 heavy (non-hydrogen) atoms. The number of nitrogens with zero attached hydrogens (tertiary/aromatic N) is 3. The van der Waals surface area contributed by atoms with E-state index in [1.165, 1.54) is 30.5 Å². The summed E-state index contributed by atoms with van der Waals surface area (Å²) in [6.07, 6.45) is 5.77. The minimum Gasteiger partial charge on any atom is -0.401 e. The van der Waals surface area contributed by atoms with Crippen LogP contribution in [0.1, 0.15) is 11.3 Å². The fourth-order valence-corrected chi connectivity index (χ4v) is 2.42. The Morgan fingerprint density at radius 2 is 2.23 bits per heavy atom. The normalized spacial score (nSPS) is 11.0. The highest BCUT2D eigenvalue weighted by Gasteiger charge is 2.10. The number of benzene rings is 1. The fourth-order valence-electron chi connectivity index (χ4n) is 2.21. The summed E-state index contributed by atoms with van der Waals surface area (Å²) >= 11 is 5.95. The first kappa shape index (κ1) is 17.4. The molecule has 0 aliphatic rings. The second-order valence-corrected chi connectivity index (χ2v) is 5.75. The standard InChI is InChI=1S/C17H13ClN4O4/c18-13-3-1-2-12(8-13)10-21-11-14(9-19-21)20-16(23)6-4-15-5-7-17(26-15)22(24)25/h1-9,11H,10H2,(H,20,23)/b6-4+. The van der Waals surface area contributed by atoms with Gasteiger partial charge in [-0.25, -0.2) is 0 Å². The molecule has 2 heterocycles.